The van der Waals surface area contributed by atoms with Gasteiger partial charge in [0.25, 0.3) is 0 Å². The predicted molar refractivity (Wildman–Crippen MR) is 89.7 cm³/mol. The fraction of sp³-hybridized carbons (Fsp3) is 0.294. The molecule has 0 atom stereocenters. The molecular formula is C17H21N5. The van der Waals surface area contributed by atoms with Gasteiger partial charge in [-0.3, -0.25) is 0 Å². The highest BCUT2D eigenvalue weighted by atomic mass is 15.3. The Labute approximate surface area is 130 Å². The molecule has 114 valence electrons. The molecule has 22 heavy (non-hydrogen) atoms. The van der Waals surface area contributed by atoms with Crippen molar-refractivity contribution in [2.75, 3.05) is 11.9 Å². The summed E-state index contributed by atoms with van der Waals surface area (Å²) in [6.07, 6.45) is 4.15. The normalized spacial score (nSPS) is 11.0. The van der Waals surface area contributed by atoms with Gasteiger partial charge in [0.15, 0.2) is 5.65 Å². The number of hydrogen-bond donors (Lipinski definition) is 2. The molecule has 0 amide bonds. The molecule has 0 aliphatic rings. The first kappa shape index (κ1) is 14.5. The van der Waals surface area contributed by atoms with Crippen LogP contribution in [0.1, 0.15) is 25.3 Å². The van der Waals surface area contributed by atoms with E-state index in [0.29, 0.717) is 6.54 Å². The lowest BCUT2D eigenvalue weighted by atomic mass is 10.1. The molecule has 5 heteroatoms. The maximum absolute atomic E-state index is 5.73. The summed E-state index contributed by atoms with van der Waals surface area (Å²) in [5.74, 6) is 0.871. The first-order valence-corrected chi connectivity index (χ1v) is 7.70. The zero-order valence-corrected chi connectivity index (χ0v) is 12.8. The van der Waals surface area contributed by atoms with E-state index in [9.17, 15) is 0 Å². The number of benzene rings is 1. The van der Waals surface area contributed by atoms with Crippen LogP contribution in [0.25, 0.3) is 16.9 Å². The summed E-state index contributed by atoms with van der Waals surface area (Å²) >= 11 is 0. The van der Waals surface area contributed by atoms with E-state index in [0.717, 1.165) is 47.7 Å². The highest BCUT2D eigenvalue weighted by Crippen LogP contribution is 2.21. The first-order chi connectivity index (χ1) is 10.8. The molecule has 3 rings (SSSR count). The average Bonchev–Trinajstić information content (AvgIpc) is 2.98. The Bertz CT molecular complexity index is 763. The van der Waals surface area contributed by atoms with Crippen LogP contribution in [-0.2, 0) is 6.54 Å². The Morgan fingerprint density at radius 3 is 2.95 bits per heavy atom. The highest BCUT2D eigenvalue weighted by Gasteiger charge is 2.08. The van der Waals surface area contributed by atoms with Gasteiger partial charge in [-0.25, -0.2) is 9.50 Å². The Kier molecular flexibility index (Phi) is 4.34. The number of nitrogens with one attached hydrogen (secondary N) is 1. The second-order valence-corrected chi connectivity index (χ2v) is 5.32. The third kappa shape index (κ3) is 2.94. The van der Waals surface area contributed by atoms with Crippen LogP contribution in [0.4, 0.5) is 5.82 Å². The minimum atomic E-state index is 0.530. The highest BCUT2D eigenvalue weighted by molar-refractivity contribution is 5.64. The molecule has 3 aromatic rings. The van der Waals surface area contributed by atoms with Crippen molar-refractivity contribution in [2.24, 2.45) is 5.73 Å². The fourth-order valence-corrected chi connectivity index (χ4v) is 2.42. The van der Waals surface area contributed by atoms with Gasteiger partial charge in [-0.2, -0.15) is 0 Å². The number of imidazole rings is 1. The molecule has 5 nitrogen and oxygen atoms in total. The molecule has 0 saturated carbocycles. The topological polar surface area (TPSA) is 68.2 Å². The molecule has 2 heterocycles. The van der Waals surface area contributed by atoms with Crippen molar-refractivity contribution >= 4 is 11.5 Å². The Morgan fingerprint density at radius 2 is 2.14 bits per heavy atom. The third-order valence-corrected chi connectivity index (χ3v) is 3.66. The molecule has 3 N–H and O–H groups in total. The molecule has 2 aromatic heterocycles. The lowest BCUT2D eigenvalue weighted by Crippen LogP contribution is -2.05. The zero-order valence-electron chi connectivity index (χ0n) is 12.8. The molecule has 0 radical (unpaired) electrons. The van der Waals surface area contributed by atoms with Gasteiger partial charge in [0.1, 0.15) is 5.82 Å². The van der Waals surface area contributed by atoms with E-state index < -0.39 is 0 Å². The van der Waals surface area contributed by atoms with E-state index >= 15 is 0 Å². The molecule has 0 unspecified atom stereocenters. The summed E-state index contributed by atoms with van der Waals surface area (Å²) in [5.41, 5.74) is 9.73. The summed E-state index contributed by atoms with van der Waals surface area (Å²) in [4.78, 5) is 4.43. The van der Waals surface area contributed by atoms with Crippen LogP contribution in [-0.4, -0.2) is 21.1 Å². The van der Waals surface area contributed by atoms with E-state index in [1.807, 2.05) is 35.0 Å². The Morgan fingerprint density at radius 1 is 1.23 bits per heavy atom. The van der Waals surface area contributed by atoms with Gasteiger partial charge in [-0.15, -0.1) is 5.10 Å². The summed E-state index contributed by atoms with van der Waals surface area (Å²) in [6, 6.07) is 12.1. The average molecular weight is 295 g/mol. The summed E-state index contributed by atoms with van der Waals surface area (Å²) < 4.78 is 1.88. The maximum atomic E-state index is 5.73. The number of unbranched alkanes of at least 4 members (excludes halogenated alkanes) is 1. The minimum Gasteiger partial charge on any atom is -0.369 e. The van der Waals surface area contributed by atoms with Crippen LogP contribution >= 0.6 is 0 Å². The van der Waals surface area contributed by atoms with Crippen molar-refractivity contribution in [2.45, 2.75) is 26.3 Å². The standard InChI is InChI=1S/C17H21N5/c1-2-3-9-19-16-7-8-17-20-12-15(22(17)21-16)14-6-4-5-13(10-14)11-18/h4-8,10,12H,2-3,9,11,18H2,1H3,(H,19,21). The van der Waals surface area contributed by atoms with Crippen LogP contribution in [0.5, 0.6) is 0 Å². The SMILES string of the molecule is CCCCNc1ccc2ncc(-c3cccc(CN)c3)n2n1. The van der Waals surface area contributed by atoms with Gasteiger partial charge in [0, 0.05) is 18.7 Å². The monoisotopic (exact) mass is 295 g/mol. The van der Waals surface area contributed by atoms with E-state index in [1.54, 1.807) is 0 Å². The predicted octanol–water partition coefficient (Wildman–Crippen LogP) is 3.07. The van der Waals surface area contributed by atoms with E-state index in [-0.39, 0.29) is 0 Å². The van der Waals surface area contributed by atoms with Crippen molar-refractivity contribution in [3.05, 3.63) is 48.2 Å². The van der Waals surface area contributed by atoms with Crippen molar-refractivity contribution < 1.29 is 0 Å². The third-order valence-electron chi connectivity index (χ3n) is 3.66. The van der Waals surface area contributed by atoms with Crippen LogP contribution in [0, 0.1) is 0 Å². The van der Waals surface area contributed by atoms with E-state index in [4.69, 9.17) is 5.73 Å². The van der Waals surface area contributed by atoms with Gasteiger partial charge >= 0.3 is 0 Å². The zero-order chi connectivity index (χ0) is 15.4. The van der Waals surface area contributed by atoms with E-state index in [1.165, 1.54) is 0 Å². The smallest absolute Gasteiger partial charge is 0.154 e. The number of nitrogens with two attached hydrogens (primary N) is 1. The van der Waals surface area contributed by atoms with Gasteiger partial charge in [0.05, 0.1) is 11.9 Å². The molecule has 0 bridgehead atoms. The molecule has 1 aromatic carbocycles. The Balaban J connectivity index is 1.97. The maximum Gasteiger partial charge on any atom is 0.154 e. The quantitative estimate of drug-likeness (QED) is 0.686. The molecule has 0 aliphatic carbocycles. The summed E-state index contributed by atoms with van der Waals surface area (Å²) in [6.45, 7) is 3.64. The Hall–Kier alpha value is -2.40. The minimum absolute atomic E-state index is 0.530. The van der Waals surface area contributed by atoms with Crippen molar-refractivity contribution in [3.63, 3.8) is 0 Å². The van der Waals surface area contributed by atoms with Gasteiger partial charge in [-0.1, -0.05) is 31.5 Å². The fourth-order valence-electron chi connectivity index (χ4n) is 2.42. The molecule has 0 spiro atoms. The van der Waals surface area contributed by atoms with E-state index in [2.05, 4.69) is 34.5 Å². The first-order valence-electron chi connectivity index (χ1n) is 7.70. The van der Waals surface area contributed by atoms with Crippen LogP contribution < -0.4 is 11.1 Å². The largest absolute Gasteiger partial charge is 0.369 e. The molecular weight excluding hydrogens is 274 g/mol. The molecule has 0 fully saturated rings. The number of hydrogen-bond acceptors (Lipinski definition) is 4. The summed E-state index contributed by atoms with van der Waals surface area (Å²) in [7, 11) is 0. The second kappa shape index (κ2) is 6.58. The van der Waals surface area contributed by atoms with Gasteiger partial charge < -0.3 is 11.1 Å². The number of fused-ring (bicyclic) bond motifs is 1. The molecule has 0 aliphatic heterocycles. The van der Waals surface area contributed by atoms with Crippen LogP contribution in [0.3, 0.4) is 0 Å². The number of rotatable bonds is 6. The lowest BCUT2D eigenvalue weighted by molar-refractivity contribution is 0.823. The van der Waals surface area contributed by atoms with Crippen molar-refractivity contribution in [1.29, 1.82) is 0 Å². The number of anilines is 1. The second-order valence-electron chi connectivity index (χ2n) is 5.32. The van der Waals surface area contributed by atoms with Crippen LogP contribution in [0.2, 0.25) is 0 Å². The lowest BCUT2D eigenvalue weighted by Gasteiger charge is -2.07. The summed E-state index contributed by atoms with van der Waals surface area (Å²) in [5, 5.41) is 8.00. The van der Waals surface area contributed by atoms with Gasteiger partial charge in [-0.05, 0) is 30.2 Å². The van der Waals surface area contributed by atoms with Crippen LogP contribution in [0.15, 0.2) is 42.6 Å². The number of aromatic nitrogens is 3. The van der Waals surface area contributed by atoms with Crippen molar-refractivity contribution in [3.8, 4) is 11.3 Å². The molecule has 0 saturated heterocycles. The number of nitrogens with zero attached hydrogens (tertiary/aromatic N) is 3. The van der Waals surface area contributed by atoms with Gasteiger partial charge in [0.2, 0.25) is 0 Å². The van der Waals surface area contributed by atoms with Crippen molar-refractivity contribution in [1.82, 2.24) is 14.6 Å².